The highest BCUT2D eigenvalue weighted by molar-refractivity contribution is 7.92. The fourth-order valence-electron chi connectivity index (χ4n) is 5.82. The van der Waals surface area contributed by atoms with Gasteiger partial charge in [-0.1, -0.05) is 84.9 Å². The highest BCUT2D eigenvalue weighted by Gasteiger charge is 2.32. The number of nitrogens with one attached hydrogen (secondary N) is 1. The zero-order chi connectivity index (χ0) is 32.6. The van der Waals surface area contributed by atoms with Crippen LogP contribution in [0.4, 0.5) is 5.69 Å². The lowest BCUT2D eigenvalue weighted by Gasteiger charge is -2.34. The van der Waals surface area contributed by atoms with Crippen molar-refractivity contribution in [1.82, 2.24) is 10.2 Å². The Labute approximate surface area is 278 Å². The monoisotopic (exact) mass is 671 g/mol. The molecule has 3 aromatic carbocycles. The van der Waals surface area contributed by atoms with E-state index in [2.05, 4.69) is 5.32 Å². The summed E-state index contributed by atoms with van der Waals surface area (Å²) in [6, 6.07) is 19.6. The highest BCUT2D eigenvalue weighted by atomic mass is 35.5. The van der Waals surface area contributed by atoms with Crippen LogP contribution < -0.4 is 9.62 Å². The van der Waals surface area contributed by atoms with Crippen molar-refractivity contribution >= 4 is 50.7 Å². The summed E-state index contributed by atoms with van der Waals surface area (Å²) in [5.74, 6) is -0.452. The summed E-state index contributed by atoms with van der Waals surface area (Å²) in [6.45, 7) is 4.14. The molecule has 10 heteroatoms. The van der Waals surface area contributed by atoms with Crippen LogP contribution in [0.25, 0.3) is 0 Å². The Morgan fingerprint density at radius 3 is 2.29 bits per heavy atom. The summed E-state index contributed by atoms with van der Waals surface area (Å²) in [7, 11) is -3.60. The maximum atomic E-state index is 14.1. The van der Waals surface area contributed by atoms with Crippen molar-refractivity contribution in [3.05, 3.63) is 99.0 Å². The van der Waals surface area contributed by atoms with Crippen LogP contribution in [-0.2, 0) is 32.6 Å². The second-order valence-electron chi connectivity index (χ2n) is 12.0. The number of benzene rings is 3. The van der Waals surface area contributed by atoms with Gasteiger partial charge in [-0.15, -0.1) is 0 Å². The predicted molar refractivity (Wildman–Crippen MR) is 183 cm³/mol. The number of amides is 2. The smallest absolute Gasteiger partial charge is 0.243 e. The second-order valence-corrected chi connectivity index (χ2v) is 14.8. The molecular formula is C35H43Cl2N3O4S. The number of nitrogens with zero attached hydrogens (tertiary/aromatic N) is 2. The Balaban J connectivity index is 1.61. The van der Waals surface area contributed by atoms with Crippen LogP contribution in [0.2, 0.25) is 10.0 Å². The number of carbonyl (C=O) groups excluding carboxylic acids is 2. The minimum absolute atomic E-state index is 0.0457. The molecule has 0 bridgehead atoms. The largest absolute Gasteiger partial charge is 0.352 e. The van der Waals surface area contributed by atoms with Crippen molar-refractivity contribution in [2.75, 3.05) is 17.1 Å². The lowest BCUT2D eigenvalue weighted by atomic mass is 9.94. The molecule has 1 aliphatic rings. The molecule has 0 aliphatic heterocycles. The van der Waals surface area contributed by atoms with Crippen molar-refractivity contribution in [3.8, 4) is 0 Å². The number of hydrogen-bond donors (Lipinski definition) is 1. The Hall–Kier alpha value is -3.07. The van der Waals surface area contributed by atoms with E-state index in [-0.39, 0.29) is 43.8 Å². The van der Waals surface area contributed by atoms with E-state index in [0.29, 0.717) is 27.7 Å². The third-order valence-corrected chi connectivity index (χ3v) is 10.3. The van der Waals surface area contributed by atoms with Gasteiger partial charge >= 0.3 is 0 Å². The van der Waals surface area contributed by atoms with Crippen molar-refractivity contribution in [2.45, 2.75) is 83.8 Å². The van der Waals surface area contributed by atoms with Gasteiger partial charge < -0.3 is 10.2 Å². The fraction of sp³-hybridized carbons (Fsp3) is 0.429. The molecule has 7 nitrogen and oxygen atoms in total. The Kier molecular flexibility index (Phi) is 12.3. The lowest BCUT2D eigenvalue weighted by molar-refractivity contribution is -0.141. The molecule has 45 heavy (non-hydrogen) atoms. The molecule has 1 aliphatic carbocycles. The van der Waals surface area contributed by atoms with Gasteiger partial charge in [0, 0.05) is 42.0 Å². The van der Waals surface area contributed by atoms with Gasteiger partial charge in [0.05, 0.1) is 11.9 Å². The van der Waals surface area contributed by atoms with E-state index in [1.54, 1.807) is 29.2 Å². The third kappa shape index (κ3) is 9.96. The first-order valence-corrected chi connectivity index (χ1v) is 18.2. The molecule has 4 rings (SSSR count). The predicted octanol–water partition coefficient (Wildman–Crippen LogP) is 7.25. The van der Waals surface area contributed by atoms with Gasteiger partial charge in [-0.2, -0.15) is 0 Å². The van der Waals surface area contributed by atoms with Gasteiger partial charge in [-0.3, -0.25) is 13.9 Å². The third-order valence-electron chi connectivity index (χ3n) is 8.51. The van der Waals surface area contributed by atoms with Crippen LogP contribution in [0.3, 0.4) is 0 Å². The van der Waals surface area contributed by atoms with Gasteiger partial charge in [0.25, 0.3) is 0 Å². The molecular weight excluding hydrogens is 629 g/mol. The van der Waals surface area contributed by atoms with E-state index in [9.17, 15) is 18.0 Å². The first kappa shape index (κ1) is 34.8. The average molecular weight is 673 g/mol. The van der Waals surface area contributed by atoms with Crippen LogP contribution in [-0.4, -0.2) is 50.0 Å². The van der Waals surface area contributed by atoms with Crippen molar-refractivity contribution in [3.63, 3.8) is 0 Å². The van der Waals surface area contributed by atoms with Crippen LogP contribution in [0, 0.1) is 13.8 Å². The van der Waals surface area contributed by atoms with E-state index in [4.69, 9.17) is 23.2 Å². The maximum absolute atomic E-state index is 14.1. The fourth-order valence-corrected chi connectivity index (χ4v) is 7.24. The maximum Gasteiger partial charge on any atom is 0.243 e. The van der Waals surface area contributed by atoms with E-state index >= 15 is 0 Å². The van der Waals surface area contributed by atoms with Gasteiger partial charge in [0.2, 0.25) is 21.8 Å². The standard InChI is InChI=1S/C35H43Cl2N3O4S/c1-25-16-19-31(21-26(25)2)40(45(3,43)44)20-10-15-34(41)39(24-28-17-18-29(36)23-32(28)37)33(22-27-11-6-4-7-12-27)35(42)38-30-13-8-5-9-14-30/h4,6-7,11-12,16-19,21,23,30,33H,5,8-10,13-15,20,22,24H2,1-3H3,(H,38,42)/t33-/m0/s1. The molecule has 1 N–H and O–H groups in total. The average Bonchev–Trinajstić information content (AvgIpc) is 3.00. The van der Waals surface area contributed by atoms with Gasteiger partial charge in [-0.25, -0.2) is 8.42 Å². The van der Waals surface area contributed by atoms with Gasteiger partial charge in [0.1, 0.15) is 6.04 Å². The SMILES string of the molecule is Cc1ccc(N(CCCC(=O)N(Cc2ccc(Cl)cc2Cl)[C@@H](Cc2ccccc2)C(=O)NC2CCCCC2)S(C)(=O)=O)cc1C. The minimum Gasteiger partial charge on any atom is -0.352 e. The van der Waals surface area contributed by atoms with E-state index < -0.39 is 16.1 Å². The molecule has 1 fully saturated rings. The summed E-state index contributed by atoms with van der Waals surface area (Å²) in [5, 5.41) is 4.12. The summed E-state index contributed by atoms with van der Waals surface area (Å²) in [6.07, 6.45) is 6.94. The molecule has 1 atom stereocenters. The van der Waals surface area contributed by atoms with Crippen LogP contribution in [0.15, 0.2) is 66.7 Å². The van der Waals surface area contributed by atoms with E-state index in [1.807, 2.05) is 56.3 Å². The molecule has 0 unspecified atom stereocenters. The molecule has 3 aromatic rings. The van der Waals surface area contributed by atoms with Crippen LogP contribution in [0.5, 0.6) is 0 Å². The number of aryl methyl sites for hydroxylation is 2. The summed E-state index contributed by atoms with van der Waals surface area (Å²) < 4.78 is 26.9. The first-order valence-electron chi connectivity index (χ1n) is 15.5. The zero-order valence-corrected chi connectivity index (χ0v) is 28.6. The Morgan fingerprint density at radius 2 is 1.64 bits per heavy atom. The van der Waals surface area contributed by atoms with Crippen LogP contribution in [0.1, 0.15) is 67.2 Å². The number of sulfonamides is 1. The number of hydrogen-bond acceptors (Lipinski definition) is 4. The first-order chi connectivity index (χ1) is 21.4. The van der Waals surface area contributed by atoms with Crippen molar-refractivity contribution < 1.29 is 18.0 Å². The molecule has 242 valence electrons. The molecule has 0 saturated heterocycles. The molecule has 1 saturated carbocycles. The lowest BCUT2D eigenvalue weighted by Crippen LogP contribution is -2.53. The molecule has 2 amide bonds. The van der Waals surface area contributed by atoms with Crippen LogP contribution >= 0.6 is 23.2 Å². The zero-order valence-electron chi connectivity index (χ0n) is 26.3. The van der Waals surface area contributed by atoms with Gasteiger partial charge in [0.15, 0.2) is 0 Å². The Bertz CT molecular complexity index is 1580. The molecule has 0 radical (unpaired) electrons. The summed E-state index contributed by atoms with van der Waals surface area (Å²) in [5.41, 5.74) is 4.21. The summed E-state index contributed by atoms with van der Waals surface area (Å²) in [4.78, 5) is 29.7. The quantitative estimate of drug-likeness (QED) is 0.207. The Morgan fingerprint density at radius 1 is 0.933 bits per heavy atom. The van der Waals surface area contributed by atoms with Crippen molar-refractivity contribution in [1.29, 1.82) is 0 Å². The minimum atomic E-state index is -3.60. The number of carbonyl (C=O) groups is 2. The van der Waals surface area contributed by atoms with E-state index in [0.717, 1.165) is 48.8 Å². The summed E-state index contributed by atoms with van der Waals surface area (Å²) >= 11 is 12.7. The topological polar surface area (TPSA) is 86.8 Å². The molecule has 0 spiro atoms. The number of anilines is 1. The number of halogens is 2. The number of rotatable bonds is 13. The van der Waals surface area contributed by atoms with E-state index in [1.165, 1.54) is 10.6 Å². The molecule has 0 aromatic heterocycles. The normalized spacial score (nSPS) is 14.5. The second kappa shape index (κ2) is 16.0. The highest BCUT2D eigenvalue weighted by Crippen LogP contribution is 2.26. The molecule has 0 heterocycles. The van der Waals surface area contributed by atoms with Crippen molar-refractivity contribution in [2.24, 2.45) is 0 Å². The van der Waals surface area contributed by atoms with Gasteiger partial charge in [-0.05, 0) is 79.6 Å².